The van der Waals surface area contributed by atoms with Crippen LogP contribution >= 0.6 is 47.9 Å². The molecule has 2 heterocycles. The van der Waals surface area contributed by atoms with Gasteiger partial charge in [-0.3, -0.25) is 4.57 Å². The van der Waals surface area contributed by atoms with Crippen molar-refractivity contribution in [3.63, 3.8) is 0 Å². The molecule has 0 amide bonds. The third-order valence-corrected chi connectivity index (χ3v) is 7.62. The molecule has 1 fully saturated rings. The summed E-state index contributed by atoms with van der Waals surface area (Å²) in [6, 6.07) is 1.28. The number of nitrogens with zero attached hydrogens (tertiary/aromatic N) is 4. The summed E-state index contributed by atoms with van der Waals surface area (Å²) in [6.07, 6.45) is -4.98. The van der Waals surface area contributed by atoms with Gasteiger partial charge in [0.15, 0.2) is 11.0 Å². The van der Waals surface area contributed by atoms with Crippen molar-refractivity contribution in [2.45, 2.75) is 24.3 Å². The second-order valence-corrected chi connectivity index (χ2v) is 10.6. The Morgan fingerprint density at radius 2 is 1.81 bits per heavy atom. The van der Waals surface area contributed by atoms with Crippen LogP contribution in [-0.4, -0.2) is 57.5 Å². The lowest BCUT2D eigenvalue weighted by atomic mass is 10.2. The lowest BCUT2D eigenvalue weighted by Gasteiger charge is -2.28. The van der Waals surface area contributed by atoms with E-state index < -0.39 is 47.8 Å². The minimum absolute atomic E-state index is 0.168. The number of hydrogen-bond acceptors (Lipinski definition) is 12. The van der Waals surface area contributed by atoms with Crippen molar-refractivity contribution in [3.8, 4) is 0 Å². The topological polar surface area (TPSA) is 279 Å². The average Bonchev–Trinajstić information content (AvgIpc) is 2.76. The fraction of sp³-hybridized carbons (Fsp3) is 0.500. The van der Waals surface area contributed by atoms with Crippen molar-refractivity contribution < 1.29 is 61.4 Å². The minimum Gasteiger partial charge on any atom is -0.385 e. The first-order valence-electron chi connectivity index (χ1n) is 7.27. The van der Waals surface area contributed by atoms with Crippen LogP contribution in [0.2, 0.25) is 0 Å². The zero-order chi connectivity index (χ0) is 23.8. The van der Waals surface area contributed by atoms with Crippen molar-refractivity contribution in [2.24, 2.45) is 5.11 Å². The van der Waals surface area contributed by atoms with Crippen LogP contribution in [0.4, 0.5) is 0 Å². The molecule has 1 aromatic heterocycles. The zero-order valence-corrected chi connectivity index (χ0v) is 18.7. The predicted molar refractivity (Wildman–Crippen MR) is 99.4 cm³/mol. The maximum atomic E-state index is 12.1. The summed E-state index contributed by atoms with van der Waals surface area (Å²) in [4.78, 5) is 40.7. The first-order valence-corrected chi connectivity index (χ1v) is 12.6. The molecular formula is C8H12N5O13P3S2. The highest BCUT2D eigenvalue weighted by Crippen LogP contribution is 2.67. The summed E-state index contributed by atoms with van der Waals surface area (Å²) in [5.74, 6) is -3.24. The van der Waals surface area contributed by atoms with E-state index in [0.717, 1.165) is 4.57 Å². The van der Waals surface area contributed by atoms with Gasteiger partial charge in [-0.05, 0) is 28.9 Å². The lowest BCUT2D eigenvalue weighted by molar-refractivity contribution is -0.222. The molecule has 0 bridgehead atoms. The van der Waals surface area contributed by atoms with Gasteiger partial charge < -0.3 is 39.5 Å². The predicted octanol–water partition coefficient (Wildman–Crippen LogP) is 0.833. The normalized spacial score (nSPS) is 30.2. The first kappa shape index (κ1) is 26.4. The number of phosphoric acid groups is 3. The SMILES string of the molecule is [N-]=[N+]=N[C@]1(OP(=O)(O)OP(=O)(O)OP(=O)(O)O)O[C@@H](n2ccc(=S)[nH]c2=S)C(O)[C@H]1O. The van der Waals surface area contributed by atoms with Gasteiger partial charge in [0.1, 0.15) is 16.8 Å². The fourth-order valence-corrected chi connectivity index (χ4v) is 5.89. The average molecular weight is 543 g/mol. The number of H-pyrrole nitrogens is 1. The molecule has 0 aromatic carbocycles. The van der Waals surface area contributed by atoms with E-state index in [-0.39, 0.29) is 9.41 Å². The van der Waals surface area contributed by atoms with Crippen LogP contribution in [0.5, 0.6) is 0 Å². The molecule has 1 aliphatic rings. The van der Waals surface area contributed by atoms with E-state index in [4.69, 9.17) is 44.5 Å². The number of phosphoric ester groups is 1. The highest BCUT2D eigenvalue weighted by molar-refractivity contribution is 7.72. The van der Waals surface area contributed by atoms with E-state index in [1.165, 1.54) is 12.3 Å². The van der Waals surface area contributed by atoms with Gasteiger partial charge >= 0.3 is 23.5 Å². The van der Waals surface area contributed by atoms with Gasteiger partial charge in [-0.2, -0.15) is 8.62 Å². The van der Waals surface area contributed by atoms with Gasteiger partial charge in [-0.1, -0.05) is 12.2 Å². The summed E-state index contributed by atoms with van der Waals surface area (Å²) < 4.78 is 51.7. The van der Waals surface area contributed by atoms with Gasteiger partial charge in [0.05, 0.1) is 0 Å². The number of azide groups is 1. The smallest absolute Gasteiger partial charge is 0.385 e. The number of hydrogen-bond donors (Lipinski definition) is 7. The number of aliphatic hydroxyl groups excluding tert-OH is 2. The second kappa shape index (κ2) is 9.17. The highest BCUT2D eigenvalue weighted by atomic mass is 32.1. The molecule has 1 aromatic rings. The molecule has 3 unspecified atom stereocenters. The Kier molecular flexibility index (Phi) is 7.80. The number of aliphatic hydroxyl groups is 2. The monoisotopic (exact) mass is 543 g/mol. The third kappa shape index (κ3) is 6.56. The quantitative estimate of drug-likeness (QED) is 0.0786. The van der Waals surface area contributed by atoms with Crippen LogP contribution in [0.15, 0.2) is 17.4 Å². The molecule has 2 rings (SSSR count). The van der Waals surface area contributed by atoms with Crippen molar-refractivity contribution in [1.82, 2.24) is 9.55 Å². The second-order valence-electron chi connectivity index (χ2n) is 5.46. The van der Waals surface area contributed by atoms with Gasteiger partial charge in [-0.25, -0.2) is 18.2 Å². The van der Waals surface area contributed by atoms with Crippen molar-refractivity contribution >= 4 is 47.9 Å². The molecule has 23 heteroatoms. The highest BCUT2D eigenvalue weighted by Gasteiger charge is 2.60. The molecule has 0 radical (unpaired) electrons. The van der Waals surface area contributed by atoms with Gasteiger partial charge in [0.2, 0.25) is 0 Å². The molecule has 1 saturated heterocycles. The number of aromatic nitrogens is 2. The number of nitrogens with one attached hydrogen (secondary N) is 1. The molecule has 18 nitrogen and oxygen atoms in total. The molecular weight excluding hydrogens is 531 g/mol. The summed E-state index contributed by atoms with van der Waals surface area (Å²) >= 11 is 9.82. The summed E-state index contributed by atoms with van der Waals surface area (Å²) in [5, 5.41) is 23.4. The number of ether oxygens (including phenoxy) is 1. The van der Waals surface area contributed by atoms with Crippen molar-refractivity contribution in [1.29, 1.82) is 0 Å². The van der Waals surface area contributed by atoms with Gasteiger partial charge in [-0.15, -0.1) is 0 Å². The first-order chi connectivity index (χ1) is 14.0. The molecule has 0 aliphatic carbocycles. The zero-order valence-electron chi connectivity index (χ0n) is 14.4. The molecule has 31 heavy (non-hydrogen) atoms. The Bertz CT molecular complexity index is 1160. The maximum Gasteiger partial charge on any atom is 0.490 e. The summed E-state index contributed by atoms with van der Waals surface area (Å²) in [6.45, 7) is 0. The standard InChI is InChI=1S/C8H12N5O13P3S2/c9-12-11-8(24-28(19,20)26-29(21,22)25-27(16,17)18)5(15)4(14)6(23-8)13-2-1-3(30)10-7(13)31/h1-2,4-6,14-15H,(H,19,20)(H,21,22)(H,10,30,31)(H2,16,17,18)/t4?,5-,6-,8+/m1/s1. The molecule has 0 saturated carbocycles. The van der Waals surface area contributed by atoms with E-state index >= 15 is 0 Å². The molecule has 0 spiro atoms. The fourth-order valence-electron chi connectivity index (χ4n) is 2.23. The Hall–Kier alpha value is -0.880. The van der Waals surface area contributed by atoms with Gasteiger partial charge in [0.25, 0.3) is 5.91 Å². The van der Waals surface area contributed by atoms with E-state index in [0.29, 0.717) is 0 Å². The van der Waals surface area contributed by atoms with E-state index in [1.54, 1.807) is 0 Å². The number of aromatic amines is 1. The third-order valence-electron chi connectivity index (χ3n) is 3.25. The Balaban J connectivity index is 2.41. The van der Waals surface area contributed by atoms with Crippen LogP contribution < -0.4 is 0 Å². The maximum absolute atomic E-state index is 12.1. The van der Waals surface area contributed by atoms with E-state index in [2.05, 4.69) is 28.2 Å². The van der Waals surface area contributed by atoms with Crippen LogP contribution in [0.3, 0.4) is 0 Å². The van der Waals surface area contributed by atoms with Crippen molar-refractivity contribution in [2.75, 3.05) is 0 Å². The summed E-state index contributed by atoms with van der Waals surface area (Å²) in [7, 11) is -17.6. The van der Waals surface area contributed by atoms with Crippen LogP contribution in [0.1, 0.15) is 6.23 Å². The van der Waals surface area contributed by atoms with E-state index in [9.17, 15) is 33.7 Å². The molecule has 6 atom stereocenters. The van der Waals surface area contributed by atoms with Crippen LogP contribution in [0, 0.1) is 9.41 Å². The van der Waals surface area contributed by atoms with Gasteiger partial charge in [0, 0.05) is 11.1 Å². The molecule has 1 aliphatic heterocycles. The lowest BCUT2D eigenvalue weighted by Crippen LogP contribution is -2.43. The van der Waals surface area contributed by atoms with Crippen LogP contribution in [-0.2, 0) is 31.6 Å². The van der Waals surface area contributed by atoms with Crippen molar-refractivity contribution in [3.05, 3.63) is 32.1 Å². The largest absolute Gasteiger partial charge is 0.490 e. The summed E-state index contributed by atoms with van der Waals surface area (Å²) in [5.41, 5.74) is 8.74. The number of rotatable bonds is 8. The molecule has 7 N–H and O–H groups in total. The Morgan fingerprint density at radius 3 is 2.32 bits per heavy atom. The van der Waals surface area contributed by atoms with Crippen LogP contribution in [0.25, 0.3) is 10.4 Å². The Morgan fingerprint density at radius 1 is 1.19 bits per heavy atom. The van der Waals surface area contributed by atoms with E-state index in [1.807, 2.05) is 0 Å². The molecule has 174 valence electrons. The Labute approximate surface area is 180 Å². The minimum atomic E-state index is -5.95.